The van der Waals surface area contributed by atoms with E-state index in [0.29, 0.717) is 5.95 Å². The first-order valence-electron chi connectivity index (χ1n) is 19.7. The van der Waals surface area contributed by atoms with Gasteiger partial charge in [-0.1, -0.05) is 141 Å². The van der Waals surface area contributed by atoms with Crippen LogP contribution < -0.4 is 0 Å². The van der Waals surface area contributed by atoms with Gasteiger partial charge in [-0.2, -0.15) is 0 Å². The van der Waals surface area contributed by atoms with Crippen LogP contribution in [0, 0.1) is 0 Å². The molecule has 0 saturated heterocycles. The zero-order valence-corrected chi connectivity index (χ0v) is 32.2. The molecule has 4 heteroatoms. The van der Waals surface area contributed by atoms with Crippen LogP contribution in [0.3, 0.4) is 0 Å². The summed E-state index contributed by atoms with van der Waals surface area (Å²) in [5.74, 6) is 0.674. The topological polar surface area (TPSA) is 30.7 Å². The summed E-state index contributed by atoms with van der Waals surface area (Å²) in [4.78, 5) is 11.3. The minimum atomic E-state index is -0.119. The van der Waals surface area contributed by atoms with E-state index in [1.165, 1.54) is 74.7 Å². The molecule has 3 nitrogen and oxygen atoms in total. The maximum absolute atomic E-state index is 5.69. The van der Waals surface area contributed by atoms with Crippen LogP contribution >= 0.6 is 11.3 Å². The van der Waals surface area contributed by atoms with Gasteiger partial charge >= 0.3 is 0 Å². The second-order valence-corrected chi connectivity index (χ2v) is 17.2. The largest absolute Gasteiger partial charge is 0.278 e. The molecule has 0 radical (unpaired) electrons. The number of rotatable bonds is 2. The average Bonchev–Trinajstić information content (AvgIpc) is 3.87. The second kappa shape index (κ2) is 11.1. The molecule has 0 amide bonds. The summed E-state index contributed by atoms with van der Waals surface area (Å²) < 4.78 is 4.88. The molecule has 3 heterocycles. The fourth-order valence-electron chi connectivity index (χ4n) is 10.2. The molecule has 0 aliphatic heterocycles. The van der Waals surface area contributed by atoms with Gasteiger partial charge < -0.3 is 0 Å². The maximum atomic E-state index is 5.69. The van der Waals surface area contributed by atoms with Crippen molar-refractivity contribution in [2.45, 2.75) is 19.3 Å². The van der Waals surface area contributed by atoms with Crippen molar-refractivity contribution >= 4 is 96.5 Å². The number of aromatic nitrogens is 3. The zero-order chi connectivity index (χ0) is 37.6. The normalized spacial score (nSPS) is 13.6. The van der Waals surface area contributed by atoms with Crippen molar-refractivity contribution in [3.63, 3.8) is 0 Å². The molecular weight excluding hydrogens is 711 g/mol. The summed E-state index contributed by atoms with van der Waals surface area (Å²) in [6.45, 7) is 4.75. The lowest BCUT2D eigenvalue weighted by atomic mass is 9.80. The van der Waals surface area contributed by atoms with Crippen molar-refractivity contribution in [1.29, 1.82) is 0 Å². The number of benzene rings is 9. The van der Waals surface area contributed by atoms with Crippen molar-refractivity contribution in [2.24, 2.45) is 0 Å². The smallest absolute Gasteiger partial charge is 0.235 e. The first-order chi connectivity index (χ1) is 28.0. The SMILES string of the molecule is CC1(C)c2ccccc2-c2ccc3cc4c(cc3c21)c1ccccc1n4-c1nc(-c2ccc3sc4ccccc4c3c2)c2c3ccccc3c3ccccc3c2n1. The number of fused-ring (bicyclic) bond motifs is 17. The Kier molecular flexibility index (Phi) is 6.12. The number of para-hydroxylation sites is 1. The van der Waals surface area contributed by atoms with Crippen LogP contribution in [-0.2, 0) is 5.41 Å². The van der Waals surface area contributed by atoms with E-state index >= 15 is 0 Å². The Morgan fingerprint density at radius 1 is 0.474 bits per heavy atom. The lowest BCUT2D eigenvalue weighted by Gasteiger charge is -2.23. The third-order valence-corrected chi connectivity index (χ3v) is 13.9. The molecule has 1 aliphatic carbocycles. The van der Waals surface area contributed by atoms with E-state index in [1.54, 1.807) is 0 Å². The van der Waals surface area contributed by atoms with Crippen LogP contribution in [0.1, 0.15) is 25.0 Å². The second-order valence-electron chi connectivity index (χ2n) is 16.1. The Labute approximate surface area is 332 Å². The van der Waals surface area contributed by atoms with Gasteiger partial charge in [-0.05, 0) is 85.6 Å². The maximum Gasteiger partial charge on any atom is 0.235 e. The van der Waals surface area contributed by atoms with E-state index in [4.69, 9.17) is 9.97 Å². The Morgan fingerprint density at radius 3 is 2.02 bits per heavy atom. The number of thiophene rings is 1. The molecule has 0 bridgehead atoms. The van der Waals surface area contributed by atoms with Crippen molar-refractivity contribution in [2.75, 3.05) is 0 Å². The molecule has 0 unspecified atom stereocenters. The number of hydrogen-bond acceptors (Lipinski definition) is 3. The monoisotopic (exact) mass is 743 g/mol. The summed E-state index contributed by atoms with van der Waals surface area (Å²) in [5, 5.41) is 13.2. The minimum absolute atomic E-state index is 0.119. The molecule has 1 aliphatic rings. The molecule has 9 aromatic carbocycles. The van der Waals surface area contributed by atoms with E-state index in [1.807, 2.05) is 11.3 Å². The van der Waals surface area contributed by atoms with Gasteiger partial charge in [0.25, 0.3) is 0 Å². The minimum Gasteiger partial charge on any atom is -0.278 e. The molecule has 12 aromatic rings. The van der Waals surface area contributed by atoms with Gasteiger partial charge in [-0.3, -0.25) is 4.57 Å². The van der Waals surface area contributed by atoms with Crippen molar-refractivity contribution in [3.8, 4) is 28.3 Å². The zero-order valence-electron chi connectivity index (χ0n) is 31.3. The highest BCUT2D eigenvalue weighted by molar-refractivity contribution is 7.25. The van der Waals surface area contributed by atoms with Crippen molar-refractivity contribution < 1.29 is 0 Å². The van der Waals surface area contributed by atoms with Crippen LogP contribution in [0.25, 0.3) is 114 Å². The molecule has 3 aromatic heterocycles. The number of nitrogens with zero attached hydrogens (tertiary/aromatic N) is 3. The lowest BCUT2D eigenvalue weighted by Crippen LogP contribution is -2.15. The quantitative estimate of drug-likeness (QED) is 0.165. The molecule has 0 spiro atoms. The molecule has 0 atom stereocenters. The molecule has 13 rings (SSSR count). The fourth-order valence-corrected chi connectivity index (χ4v) is 11.3. The van der Waals surface area contributed by atoms with Gasteiger partial charge in [-0.25, -0.2) is 9.97 Å². The molecule has 266 valence electrons. The van der Waals surface area contributed by atoms with Crippen LogP contribution in [0.4, 0.5) is 0 Å². The van der Waals surface area contributed by atoms with E-state index in [0.717, 1.165) is 44.0 Å². The van der Waals surface area contributed by atoms with Gasteiger partial charge in [0.1, 0.15) is 0 Å². The molecule has 0 fully saturated rings. The summed E-state index contributed by atoms with van der Waals surface area (Å²) in [6, 6.07) is 60.2. The van der Waals surface area contributed by atoms with Crippen LogP contribution in [0.15, 0.2) is 164 Å². The fraction of sp³-hybridized carbons (Fsp3) is 0.0566. The molecule has 57 heavy (non-hydrogen) atoms. The Bertz CT molecular complexity index is 3730. The van der Waals surface area contributed by atoms with Gasteiger partial charge in [0.2, 0.25) is 5.95 Å². The summed E-state index contributed by atoms with van der Waals surface area (Å²) in [7, 11) is 0. The molecule has 0 saturated carbocycles. The first-order valence-corrected chi connectivity index (χ1v) is 20.5. The van der Waals surface area contributed by atoms with Crippen LogP contribution in [0.5, 0.6) is 0 Å². The summed E-state index contributed by atoms with van der Waals surface area (Å²) >= 11 is 1.85. The Balaban J connectivity index is 1.16. The van der Waals surface area contributed by atoms with Gasteiger partial charge in [-0.15, -0.1) is 11.3 Å². The van der Waals surface area contributed by atoms with Crippen molar-refractivity contribution in [1.82, 2.24) is 14.5 Å². The van der Waals surface area contributed by atoms with Crippen LogP contribution in [-0.4, -0.2) is 14.5 Å². The Morgan fingerprint density at radius 2 is 1.16 bits per heavy atom. The first kappa shape index (κ1) is 31.3. The standard InChI is InChI=1S/C53H33N3S/c1-53(2)43-20-10-7-15-34(43)38-25-23-30-28-45-41(29-40(30)49(38)53)35-16-8-11-21-44(35)56(45)52-54-50(31-24-26-47-42(27-31)36-17-9-12-22-46(36)57-47)48-37-18-5-3-13-32(37)33-14-4-6-19-39(33)51(48)55-52/h3-29H,1-2H3. The summed E-state index contributed by atoms with van der Waals surface area (Å²) in [6.07, 6.45) is 0. The van der Waals surface area contributed by atoms with E-state index < -0.39 is 0 Å². The molecule has 0 N–H and O–H groups in total. The van der Waals surface area contributed by atoms with E-state index in [9.17, 15) is 0 Å². The van der Waals surface area contributed by atoms with E-state index in [-0.39, 0.29) is 5.41 Å². The highest BCUT2D eigenvalue weighted by Gasteiger charge is 2.37. The highest BCUT2D eigenvalue weighted by Crippen LogP contribution is 2.52. The van der Waals surface area contributed by atoms with E-state index in [2.05, 4.69) is 182 Å². The van der Waals surface area contributed by atoms with Crippen LogP contribution in [0.2, 0.25) is 0 Å². The third kappa shape index (κ3) is 4.15. The lowest BCUT2D eigenvalue weighted by molar-refractivity contribution is 0.666. The average molecular weight is 744 g/mol. The van der Waals surface area contributed by atoms with Gasteiger partial charge in [0.05, 0.1) is 22.2 Å². The predicted molar refractivity (Wildman–Crippen MR) is 242 cm³/mol. The number of hydrogen-bond donors (Lipinski definition) is 0. The molecular formula is C53H33N3S. The summed E-state index contributed by atoms with van der Waals surface area (Å²) in [5.41, 5.74) is 10.5. The van der Waals surface area contributed by atoms with Gasteiger partial charge in [0.15, 0.2) is 0 Å². The van der Waals surface area contributed by atoms with Gasteiger partial charge in [0, 0.05) is 52.7 Å². The van der Waals surface area contributed by atoms with Crippen molar-refractivity contribution in [3.05, 3.63) is 175 Å². The third-order valence-electron chi connectivity index (χ3n) is 12.7. The highest BCUT2D eigenvalue weighted by atomic mass is 32.1. The Hall–Kier alpha value is -6.88. The predicted octanol–water partition coefficient (Wildman–Crippen LogP) is 14.5.